The van der Waals surface area contributed by atoms with Gasteiger partial charge in [-0.25, -0.2) is 4.98 Å². The van der Waals surface area contributed by atoms with E-state index >= 15 is 0 Å². The van der Waals surface area contributed by atoms with Crippen LogP contribution in [0.2, 0.25) is 0 Å². The minimum absolute atomic E-state index is 0.525. The van der Waals surface area contributed by atoms with Crippen molar-refractivity contribution >= 4 is 5.82 Å². The molecule has 2 N–H and O–H groups in total. The number of pyridine rings is 1. The lowest BCUT2D eigenvalue weighted by molar-refractivity contribution is 1.28. The largest absolute Gasteiger partial charge is 0.384 e. The third-order valence-corrected chi connectivity index (χ3v) is 0.828. The second kappa shape index (κ2) is 1.82. The van der Waals surface area contributed by atoms with Gasteiger partial charge in [0.15, 0.2) is 0 Å². The molecule has 0 aliphatic carbocycles. The second-order valence-electron chi connectivity index (χ2n) is 1.55. The number of nitrogens with two attached hydrogens (primary N) is 1. The highest BCUT2D eigenvalue weighted by Crippen LogP contribution is 1.96. The van der Waals surface area contributed by atoms with Crippen LogP contribution in [0.5, 0.6) is 0 Å². The topological polar surface area (TPSA) is 38.9 Å². The number of nitrogen functional groups attached to an aromatic ring is 1. The van der Waals surface area contributed by atoms with Gasteiger partial charge < -0.3 is 5.73 Å². The van der Waals surface area contributed by atoms with E-state index in [0.717, 1.165) is 0 Å². The van der Waals surface area contributed by atoms with Gasteiger partial charge in [-0.1, -0.05) is 6.07 Å². The fourth-order valence-corrected chi connectivity index (χ4v) is 0.498. The number of hydrogen-bond donors (Lipinski definition) is 1. The van der Waals surface area contributed by atoms with Crippen molar-refractivity contribution in [3.63, 3.8) is 0 Å². The van der Waals surface area contributed by atoms with Crippen LogP contribution in [0.25, 0.3) is 0 Å². The molecule has 0 aliphatic heterocycles. The zero-order valence-corrected chi connectivity index (χ0v) is 4.46. The fourth-order valence-electron chi connectivity index (χ4n) is 0.498. The lowest BCUT2D eigenvalue weighted by atomic mass is 10.4. The van der Waals surface area contributed by atoms with Crippen molar-refractivity contribution in [1.29, 1.82) is 0 Å². The zero-order chi connectivity index (χ0) is 5.98. The Morgan fingerprint density at radius 3 is 2.62 bits per heavy atom. The van der Waals surface area contributed by atoms with Gasteiger partial charge in [0.25, 0.3) is 0 Å². The predicted octanol–water partition coefficient (Wildman–Crippen LogP) is 0.846. The van der Waals surface area contributed by atoms with Crippen LogP contribution in [-0.2, 0) is 0 Å². The molecule has 1 aromatic heterocycles. The van der Waals surface area contributed by atoms with Crippen LogP contribution in [-0.4, -0.2) is 4.98 Å². The predicted molar refractivity (Wildman–Crippen MR) is 33.1 cm³/mol. The normalized spacial score (nSPS) is 9.12. The molecule has 2 nitrogen and oxygen atoms in total. The lowest BCUT2D eigenvalue weighted by Crippen LogP contribution is -1.89. The molecular weight excluding hydrogens is 100 g/mol. The van der Waals surface area contributed by atoms with Crippen LogP contribution < -0.4 is 5.73 Å². The SMILES string of the molecule is [CH2]c1cccc(N)n1. The maximum atomic E-state index is 5.31. The van der Waals surface area contributed by atoms with Gasteiger partial charge in [-0.2, -0.15) is 0 Å². The van der Waals surface area contributed by atoms with Gasteiger partial charge in [0.2, 0.25) is 0 Å². The molecular formula is C6H7N2. The summed E-state index contributed by atoms with van der Waals surface area (Å²) >= 11 is 0. The first kappa shape index (κ1) is 5.09. The Balaban J connectivity index is 3.08. The quantitative estimate of drug-likeness (QED) is 0.533. The van der Waals surface area contributed by atoms with Crippen molar-refractivity contribution in [3.05, 3.63) is 30.8 Å². The van der Waals surface area contributed by atoms with Crippen molar-refractivity contribution in [2.45, 2.75) is 0 Å². The maximum absolute atomic E-state index is 5.31. The van der Waals surface area contributed by atoms with Gasteiger partial charge >= 0.3 is 0 Å². The summed E-state index contributed by atoms with van der Waals surface area (Å²) in [4.78, 5) is 3.84. The van der Waals surface area contributed by atoms with Crippen molar-refractivity contribution in [2.75, 3.05) is 5.73 Å². The Morgan fingerprint density at radius 2 is 2.25 bits per heavy atom. The number of rotatable bonds is 0. The summed E-state index contributed by atoms with van der Waals surface area (Å²) in [5, 5.41) is 0. The molecule has 0 saturated carbocycles. The molecule has 41 valence electrons. The van der Waals surface area contributed by atoms with E-state index in [1.165, 1.54) is 0 Å². The fraction of sp³-hybridized carbons (Fsp3) is 0. The molecule has 0 unspecified atom stereocenters. The van der Waals surface area contributed by atoms with E-state index in [9.17, 15) is 0 Å². The third-order valence-electron chi connectivity index (χ3n) is 0.828. The molecule has 0 aromatic carbocycles. The van der Waals surface area contributed by atoms with Gasteiger partial charge in [0, 0.05) is 5.69 Å². The zero-order valence-electron chi connectivity index (χ0n) is 4.46. The molecule has 0 saturated heterocycles. The van der Waals surface area contributed by atoms with E-state index in [2.05, 4.69) is 11.9 Å². The van der Waals surface area contributed by atoms with Gasteiger partial charge in [-0.05, 0) is 19.1 Å². The van der Waals surface area contributed by atoms with Crippen molar-refractivity contribution in [2.24, 2.45) is 0 Å². The molecule has 0 fully saturated rings. The molecule has 1 rings (SSSR count). The molecule has 1 aromatic rings. The highest BCUT2D eigenvalue weighted by Gasteiger charge is 1.82. The average molecular weight is 107 g/mol. The summed E-state index contributed by atoms with van der Waals surface area (Å²) in [5.74, 6) is 0.525. The number of aromatic nitrogens is 1. The minimum atomic E-state index is 0.525. The summed E-state index contributed by atoms with van der Waals surface area (Å²) in [5.41, 5.74) is 6.02. The Kier molecular flexibility index (Phi) is 1.16. The standard InChI is InChI=1S/C6H7N2/c1-5-3-2-4-6(7)8-5/h2-4H,1H2,(H2,7,8). The van der Waals surface area contributed by atoms with Crippen LogP contribution in [0.3, 0.4) is 0 Å². The van der Waals surface area contributed by atoms with Crippen LogP contribution in [0.1, 0.15) is 5.69 Å². The first-order valence-corrected chi connectivity index (χ1v) is 2.33. The Labute approximate surface area is 48.4 Å². The highest BCUT2D eigenvalue weighted by molar-refractivity contribution is 5.29. The molecule has 1 heterocycles. The van der Waals surface area contributed by atoms with E-state index in [-0.39, 0.29) is 0 Å². The smallest absolute Gasteiger partial charge is 0.123 e. The highest BCUT2D eigenvalue weighted by atomic mass is 14.8. The first-order chi connectivity index (χ1) is 3.79. The molecule has 0 amide bonds. The van der Waals surface area contributed by atoms with Crippen molar-refractivity contribution in [3.8, 4) is 0 Å². The lowest BCUT2D eigenvalue weighted by Gasteiger charge is -1.90. The van der Waals surface area contributed by atoms with Crippen LogP contribution in [0, 0.1) is 6.92 Å². The Hall–Kier alpha value is -1.05. The first-order valence-electron chi connectivity index (χ1n) is 2.33. The number of hydrogen-bond acceptors (Lipinski definition) is 2. The van der Waals surface area contributed by atoms with Crippen molar-refractivity contribution < 1.29 is 0 Å². The van der Waals surface area contributed by atoms with Crippen LogP contribution >= 0.6 is 0 Å². The molecule has 0 spiro atoms. The van der Waals surface area contributed by atoms with Crippen LogP contribution in [0.4, 0.5) is 5.82 Å². The Bertz CT molecular complexity index is 166. The summed E-state index contributed by atoms with van der Waals surface area (Å²) in [6.07, 6.45) is 0. The van der Waals surface area contributed by atoms with Gasteiger partial charge in [-0.3, -0.25) is 0 Å². The minimum Gasteiger partial charge on any atom is -0.384 e. The monoisotopic (exact) mass is 107 g/mol. The number of anilines is 1. The van der Waals surface area contributed by atoms with Crippen LogP contribution in [0.15, 0.2) is 18.2 Å². The average Bonchev–Trinajstić information content (AvgIpc) is 1.64. The van der Waals surface area contributed by atoms with Gasteiger partial charge in [0.05, 0.1) is 0 Å². The van der Waals surface area contributed by atoms with E-state index in [0.29, 0.717) is 11.5 Å². The molecule has 0 aliphatic rings. The molecule has 0 bridgehead atoms. The summed E-state index contributed by atoms with van der Waals surface area (Å²) in [6.45, 7) is 3.59. The van der Waals surface area contributed by atoms with E-state index in [1.807, 2.05) is 6.07 Å². The number of nitrogens with zero attached hydrogens (tertiary/aromatic N) is 1. The van der Waals surface area contributed by atoms with Gasteiger partial charge in [0.1, 0.15) is 5.82 Å². The maximum Gasteiger partial charge on any atom is 0.123 e. The van der Waals surface area contributed by atoms with E-state index < -0.39 is 0 Å². The second-order valence-corrected chi connectivity index (χ2v) is 1.55. The third kappa shape index (κ3) is 0.964. The van der Waals surface area contributed by atoms with Crippen molar-refractivity contribution in [1.82, 2.24) is 4.98 Å². The van der Waals surface area contributed by atoms with Gasteiger partial charge in [-0.15, -0.1) is 0 Å². The summed E-state index contributed by atoms with van der Waals surface area (Å²) < 4.78 is 0. The molecule has 2 heteroatoms. The molecule has 0 atom stereocenters. The summed E-state index contributed by atoms with van der Waals surface area (Å²) in [7, 11) is 0. The van der Waals surface area contributed by atoms with E-state index in [4.69, 9.17) is 5.73 Å². The summed E-state index contributed by atoms with van der Waals surface area (Å²) in [6, 6.07) is 5.36. The Morgan fingerprint density at radius 1 is 1.50 bits per heavy atom. The molecule has 8 heavy (non-hydrogen) atoms. The molecule has 1 radical (unpaired) electrons. The van der Waals surface area contributed by atoms with E-state index in [1.54, 1.807) is 12.1 Å².